The van der Waals surface area contributed by atoms with Crippen molar-refractivity contribution in [1.29, 1.82) is 0 Å². The second-order valence-electron chi connectivity index (χ2n) is 5.29. The van der Waals surface area contributed by atoms with E-state index in [1.165, 1.54) is 5.56 Å². The van der Waals surface area contributed by atoms with Crippen LogP contribution in [0.3, 0.4) is 0 Å². The zero-order valence-electron chi connectivity index (χ0n) is 12.4. The predicted molar refractivity (Wildman–Crippen MR) is 80.6 cm³/mol. The number of anilines is 1. The fourth-order valence-electron chi connectivity index (χ4n) is 2.20. The number of nitrogens with one attached hydrogen (secondary N) is 3. The van der Waals surface area contributed by atoms with Crippen LogP contribution in [-0.2, 0) is 11.2 Å². The van der Waals surface area contributed by atoms with Gasteiger partial charge in [0.25, 0.3) is 5.91 Å². The van der Waals surface area contributed by atoms with Crippen LogP contribution in [-0.4, -0.2) is 31.1 Å². The molecule has 114 valence electrons. The van der Waals surface area contributed by atoms with E-state index in [1.807, 2.05) is 32.0 Å². The first-order valence-electron chi connectivity index (χ1n) is 7.15. The average Bonchev–Trinajstić information content (AvgIpc) is 2.44. The molecule has 0 spiro atoms. The standard InChI is InChI=1S/C15H21N3O3/c1-10(2)17-15(20)18-13(19)9-21-12-7-3-5-11-6-4-8-16-14(11)12/h3,5,7,10,16H,4,6,8-9H2,1-2H3,(H2,17,18,19,20). The molecule has 0 aliphatic carbocycles. The third kappa shape index (κ3) is 4.37. The molecule has 0 radical (unpaired) electrons. The quantitative estimate of drug-likeness (QED) is 0.788. The van der Waals surface area contributed by atoms with E-state index in [0.717, 1.165) is 25.1 Å². The van der Waals surface area contributed by atoms with Gasteiger partial charge in [-0.2, -0.15) is 0 Å². The minimum Gasteiger partial charge on any atom is -0.482 e. The van der Waals surface area contributed by atoms with E-state index in [1.54, 1.807) is 0 Å². The molecule has 1 aliphatic heterocycles. The fraction of sp³-hybridized carbons (Fsp3) is 0.467. The minimum absolute atomic E-state index is 0.0240. The van der Waals surface area contributed by atoms with Crippen molar-refractivity contribution in [3.63, 3.8) is 0 Å². The number of imide groups is 1. The predicted octanol–water partition coefficient (Wildman–Crippen LogP) is 1.66. The molecule has 0 fully saturated rings. The van der Waals surface area contributed by atoms with Crippen LogP contribution in [0.1, 0.15) is 25.8 Å². The summed E-state index contributed by atoms with van der Waals surface area (Å²) >= 11 is 0. The number of carbonyl (C=O) groups excluding carboxylic acids is 2. The van der Waals surface area contributed by atoms with Crippen molar-refractivity contribution in [1.82, 2.24) is 10.6 Å². The molecule has 2 rings (SSSR count). The van der Waals surface area contributed by atoms with Gasteiger partial charge in [0.05, 0.1) is 5.69 Å². The first-order chi connectivity index (χ1) is 10.1. The van der Waals surface area contributed by atoms with E-state index in [2.05, 4.69) is 16.0 Å². The minimum atomic E-state index is -0.508. The van der Waals surface area contributed by atoms with E-state index >= 15 is 0 Å². The number of carbonyl (C=O) groups is 2. The highest BCUT2D eigenvalue weighted by molar-refractivity contribution is 5.95. The van der Waals surface area contributed by atoms with Crippen LogP contribution in [0.4, 0.5) is 10.5 Å². The van der Waals surface area contributed by atoms with E-state index in [9.17, 15) is 9.59 Å². The molecule has 1 heterocycles. The summed E-state index contributed by atoms with van der Waals surface area (Å²) in [7, 11) is 0. The summed E-state index contributed by atoms with van der Waals surface area (Å²) in [6.45, 7) is 4.35. The Labute approximate surface area is 124 Å². The van der Waals surface area contributed by atoms with Crippen LogP contribution in [0.2, 0.25) is 0 Å². The second kappa shape index (κ2) is 6.97. The third-order valence-corrected chi connectivity index (χ3v) is 3.07. The monoisotopic (exact) mass is 291 g/mol. The number of urea groups is 1. The third-order valence-electron chi connectivity index (χ3n) is 3.07. The molecule has 1 aromatic carbocycles. The zero-order chi connectivity index (χ0) is 15.2. The van der Waals surface area contributed by atoms with Crippen LogP contribution in [0.5, 0.6) is 5.75 Å². The van der Waals surface area contributed by atoms with Gasteiger partial charge in [-0.1, -0.05) is 12.1 Å². The van der Waals surface area contributed by atoms with Gasteiger partial charge in [-0.15, -0.1) is 0 Å². The molecule has 0 saturated carbocycles. The first kappa shape index (κ1) is 15.2. The molecule has 0 saturated heterocycles. The maximum absolute atomic E-state index is 11.7. The molecule has 0 atom stereocenters. The van der Waals surface area contributed by atoms with Crippen molar-refractivity contribution in [2.24, 2.45) is 0 Å². The van der Waals surface area contributed by atoms with Crippen LogP contribution in [0.15, 0.2) is 18.2 Å². The summed E-state index contributed by atoms with van der Waals surface area (Å²) in [5.41, 5.74) is 2.14. The lowest BCUT2D eigenvalue weighted by Crippen LogP contribution is -2.44. The van der Waals surface area contributed by atoms with Crippen LogP contribution in [0, 0.1) is 0 Å². The molecule has 3 N–H and O–H groups in total. The van der Waals surface area contributed by atoms with Gasteiger partial charge in [0.2, 0.25) is 0 Å². The normalized spacial score (nSPS) is 13.1. The number of para-hydroxylation sites is 1. The molecule has 1 aliphatic rings. The number of aryl methyl sites for hydroxylation is 1. The number of ether oxygens (including phenoxy) is 1. The summed E-state index contributed by atoms with van der Waals surface area (Å²) in [5.74, 6) is 0.174. The van der Waals surface area contributed by atoms with Gasteiger partial charge in [-0.3, -0.25) is 10.1 Å². The van der Waals surface area contributed by atoms with Gasteiger partial charge < -0.3 is 15.4 Å². The molecule has 6 heteroatoms. The Kier molecular flexibility index (Phi) is 5.03. The van der Waals surface area contributed by atoms with Crippen LogP contribution >= 0.6 is 0 Å². The maximum atomic E-state index is 11.7. The Hall–Kier alpha value is -2.24. The van der Waals surface area contributed by atoms with E-state index in [4.69, 9.17) is 4.74 Å². The van der Waals surface area contributed by atoms with E-state index < -0.39 is 11.9 Å². The topological polar surface area (TPSA) is 79.5 Å². The molecule has 6 nitrogen and oxygen atoms in total. The number of hydrogen-bond donors (Lipinski definition) is 3. The Morgan fingerprint density at radius 1 is 1.38 bits per heavy atom. The lowest BCUT2D eigenvalue weighted by Gasteiger charge is -2.21. The second-order valence-corrected chi connectivity index (χ2v) is 5.29. The van der Waals surface area contributed by atoms with Crippen molar-refractivity contribution in [2.75, 3.05) is 18.5 Å². The van der Waals surface area contributed by atoms with Gasteiger partial charge in [0.1, 0.15) is 5.75 Å². The molecule has 3 amide bonds. The van der Waals surface area contributed by atoms with Gasteiger partial charge in [-0.25, -0.2) is 4.79 Å². The summed E-state index contributed by atoms with van der Waals surface area (Å²) in [5, 5.41) is 8.10. The highest BCUT2D eigenvalue weighted by atomic mass is 16.5. The number of benzene rings is 1. The van der Waals surface area contributed by atoms with Crippen molar-refractivity contribution >= 4 is 17.6 Å². The molecule has 1 aromatic rings. The van der Waals surface area contributed by atoms with E-state index in [-0.39, 0.29) is 12.6 Å². The van der Waals surface area contributed by atoms with Gasteiger partial charge >= 0.3 is 6.03 Å². The van der Waals surface area contributed by atoms with Crippen LogP contribution in [0.25, 0.3) is 0 Å². The van der Waals surface area contributed by atoms with Crippen molar-refractivity contribution in [3.8, 4) is 5.75 Å². The van der Waals surface area contributed by atoms with Gasteiger partial charge in [0.15, 0.2) is 6.61 Å². The molecule has 21 heavy (non-hydrogen) atoms. The number of fused-ring (bicyclic) bond motifs is 1. The van der Waals surface area contributed by atoms with E-state index in [0.29, 0.717) is 5.75 Å². The molecule has 0 bridgehead atoms. The number of hydrogen-bond acceptors (Lipinski definition) is 4. The van der Waals surface area contributed by atoms with Gasteiger partial charge in [-0.05, 0) is 38.3 Å². The SMILES string of the molecule is CC(C)NC(=O)NC(=O)COc1cccc2c1NCCC2. The first-order valence-corrected chi connectivity index (χ1v) is 7.15. The average molecular weight is 291 g/mol. The Bertz CT molecular complexity index is 529. The highest BCUT2D eigenvalue weighted by Gasteiger charge is 2.15. The molecular weight excluding hydrogens is 270 g/mol. The van der Waals surface area contributed by atoms with Crippen molar-refractivity contribution < 1.29 is 14.3 Å². The van der Waals surface area contributed by atoms with Crippen molar-refractivity contribution in [2.45, 2.75) is 32.7 Å². The summed E-state index contributed by atoms with van der Waals surface area (Å²) in [6.07, 6.45) is 2.09. The highest BCUT2D eigenvalue weighted by Crippen LogP contribution is 2.31. The lowest BCUT2D eigenvalue weighted by atomic mass is 10.0. The largest absolute Gasteiger partial charge is 0.482 e. The number of rotatable bonds is 4. The summed E-state index contributed by atoms with van der Waals surface area (Å²) in [6, 6.07) is 5.24. The smallest absolute Gasteiger partial charge is 0.321 e. The van der Waals surface area contributed by atoms with Gasteiger partial charge in [0, 0.05) is 12.6 Å². The summed E-state index contributed by atoms with van der Waals surface area (Å²) in [4.78, 5) is 23.1. The molecular formula is C15H21N3O3. The molecule has 0 unspecified atom stereocenters. The van der Waals surface area contributed by atoms with Crippen molar-refractivity contribution in [3.05, 3.63) is 23.8 Å². The summed E-state index contributed by atoms with van der Waals surface area (Å²) < 4.78 is 5.52. The Morgan fingerprint density at radius 3 is 2.95 bits per heavy atom. The Balaban J connectivity index is 1.88. The zero-order valence-corrected chi connectivity index (χ0v) is 12.4. The Morgan fingerprint density at radius 2 is 2.19 bits per heavy atom. The molecule has 0 aromatic heterocycles. The number of amides is 3. The van der Waals surface area contributed by atoms with Crippen LogP contribution < -0.4 is 20.7 Å². The fourth-order valence-corrected chi connectivity index (χ4v) is 2.20. The maximum Gasteiger partial charge on any atom is 0.321 e. The lowest BCUT2D eigenvalue weighted by molar-refractivity contribution is -0.122.